The summed E-state index contributed by atoms with van der Waals surface area (Å²) >= 11 is 5.72. The fourth-order valence-electron chi connectivity index (χ4n) is 1.14. The molecule has 1 atom stereocenters. The number of halogens is 1. The second-order valence-corrected chi connectivity index (χ2v) is 3.76. The molecule has 0 aromatic carbocycles. The van der Waals surface area contributed by atoms with Crippen LogP contribution in [-0.2, 0) is 6.54 Å². The monoisotopic (exact) mass is 213 g/mol. The first-order valence-electron chi connectivity index (χ1n) is 4.76. The molecule has 0 aliphatic heterocycles. The highest BCUT2D eigenvalue weighted by Gasteiger charge is 2.00. The van der Waals surface area contributed by atoms with Gasteiger partial charge in [0.25, 0.3) is 0 Å². The van der Waals surface area contributed by atoms with Gasteiger partial charge in [0, 0.05) is 18.8 Å². The molecule has 0 saturated carbocycles. The Morgan fingerprint density at radius 3 is 2.93 bits per heavy atom. The Balaban J connectivity index is 2.34. The van der Waals surface area contributed by atoms with Crippen molar-refractivity contribution in [1.82, 2.24) is 10.3 Å². The highest BCUT2D eigenvalue weighted by atomic mass is 35.5. The Morgan fingerprint density at radius 1 is 1.57 bits per heavy atom. The summed E-state index contributed by atoms with van der Waals surface area (Å²) in [4.78, 5) is 4.18. The lowest BCUT2D eigenvalue weighted by molar-refractivity contribution is 0.515. The van der Waals surface area contributed by atoms with E-state index >= 15 is 0 Å². The molecule has 1 aromatic rings. The lowest BCUT2D eigenvalue weighted by Gasteiger charge is -2.11. The van der Waals surface area contributed by atoms with Crippen LogP contribution >= 0.6 is 11.6 Å². The zero-order valence-electron chi connectivity index (χ0n) is 8.33. The average molecular weight is 214 g/mol. The van der Waals surface area contributed by atoms with Gasteiger partial charge in [0.15, 0.2) is 0 Å². The molecule has 0 saturated heterocycles. The van der Waals surface area contributed by atoms with E-state index in [0.29, 0.717) is 17.6 Å². The van der Waals surface area contributed by atoms with Crippen LogP contribution in [0, 0.1) is 0 Å². The summed E-state index contributed by atoms with van der Waals surface area (Å²) in [5, 5.41) is 4.00. The fraction of sp³-hybridized carbons (Fsp3) is 0.500. The Kier molecular flexibility index (Phi) is 4.87. The Hall–Kier alpha value is -0.640. The Bertz CT molecular complexity index is 261. The van der Waals surface area contributed by atoms with Crippen molar-refractivity contribution >= 4 is 11.6 Å². The van der Waals surface area contributed by atoms with Crippen LogP contribution in [-0.4, -0.2) is 17.6 Å². The van der Waals surface area contributed by atoms with Crippen LogP contribution in [0.3, 0.4) is 0 Å². The van der Waals surface area contributed by atoms with Crippen molar-refractivity contribution in [3.05, 3.63) is 29.0 Å². The van der Waals surface area contributed by atoms with Crippen molar-refractivity contribution in [2.24, 2.45) is 5.73 Å². The van der Waals surface area contributed by atoms with E-state index in [2.05, 4.69) is 17.2 Å². The molecule has 0 radical (unpaired) electrons. The van der Waals surface area contributed by atoms with Crippen molar-refractivity contribution in [3.8, 4) is 0 Å². The van der Waals surface area contributed by atoms with Crippen LogP contribution in [0.25, 0.3) is 0 Å². The third kappa shape index (κ3) is 4.05. The van der Waals surface area contributed by atoms with E-state index in [-0.39, 0.29) is 0 Å². The van der Waals surface area contributed by atoms with E-state index in [4.69, 9.17) is 17.3 Å². The quantitative estimate of drug-likeness (QED) is 0.781. The predicted molar refractivity (Wildman–Crippen MR) is 59.2 cm³/mol. The van der Waals surface area contributed by atoms with Crippen molar-refractivity contribution in [2.75, 3.05) is 6.54 Å². The van der Waals surface area contributed by atoms with Gasteiger partial charge in [-0.05, 0) is 32.0 Å². The average Bonchev–Trinajstić information content (AvgIpc) is 2.17. The second kappa shape index (κ2) is 5.96. The molecule has 0 spiro atoms. The van der Waals surface area contributed by atoms with Crippen LogP contribution in [0.2, 0.25) is 5.02 Å². The molecule has 1 unspecified atom stereocenters. The normalized spacial score (nSPS) is 12.8. The first kappa shape index (κ1) is 11.4. The number of hydrogen-bond donors (Lipinski definition) is 2. The van der Waals surface area contributed by atoms with Crippen molar-refractivity contribution in [1.29, 1.82) is 0 Å². The smallest absolute Gasteiger partial charge is 0.0589 e. The maximum Gasteiger partial charge on any atom is 0.0589 e. The van der Waals surface area contributed by atoms with E-state index in [1.165, 1.54) is 0 Å². The number of pyridine rings is 1. The molecule has 0 amide bonds. The number of nitrogens with two attached hydrogens (primary N) is 1. The highest BCUT2D eigenvalue weighted by molar-refractivity contribution is 6.30. The molecule has 78 valence electrons. The summed E-state index contributed by atoms with van der Waals surface area (Å²) in [6, 6.07) is 4.20. The van der Waals surface area contributed by atoms with E-state index < -0.39 is 0 Å². The van der Waals surface area contributed by atoms with Crippen LogP contribution in [0.4, 0.5) is 0 Å². The van der Waals surface area contributed by atoms with Crippen LogP contribution < -0.4 is 11.1 Å². The van der Waals surface area contributed by atoms with Gasteiger partial charge in [-0.15, -0.1) is 0 Å². The van der Waals surface area contributed by atoms with E-state index in [1.807, 2.05) is 12.1 Å². The van der Waals surface area contributed by atoms with Gasteiger partial charge in [0.1, 0.15) is 0 Å². The molecular weight excluding hydrogens is 198 g/mol. The summed E-state index contributed by atoms with van der Waals surface area (Å²) in [6.07, 6.45) is 2.64. The Morgan fingerprint density at radius 2 is 2.36 bits per heavy atom. The standard InChI is InChI=1S/C10H16ClN3/c1-8(4-5-12)13-7-10-3-2-9(11)6-14-10/h2-3,6,8,13H,4-5,7,12H2,1H3. The first-order chi connectivity index (χ1) is 6.72. The van der Waals surface area contributed by atoms with Gasteiger partial charge in [-0.25, -0.2) is 0 Å². The van der Waals surface area contributed by atoms with Crippen molar-refractivity contribution < 1.29 is 0 Å². The molecule has 0 aliphatic rings. The highest BCUT2D eigenvalue weighted by Crippen LogP contribution is 2.06. The predicted octanol–water partition coefficient (Wildman–Crippen LogP) is 1.56. The molecule has 1 aromatic heterocycles. The largest absolute Gasteiger partial charge is 0.330 e. The fourth-order valence-corrected chi connectivity index (χ4v) is 1.25. The van der Waals surface area contributed by atoms with Crippen molar-refractivity contribution in [3.63, 3.8) is 0 Å². The number of nitrogens with one attached hydrogen (secondary N) is 1. The van der Waals surface area contributed by atoms with Crippen LogP contribution in [0.1, 0.15) is 19.0 Å². The summed E-state index contributed by atoms with van der Waals surface area (Å²) in [5.74, 6) is 0. The summed E-state index contributed by atoms with van der Waals surface area (Å²) in [5.41, 5.74) is 6.44. The molecule has 1 heterocycles. The number of hydrogen-bond acceptors (Lipinski definition) is 3. The third-order valence-corrected chi connectivity index (χ3v) is 2.24. The minimum atomic E-state index is 0.428. The van der Waals surface area contributed by atoms with Gasteiger partial charge in [0.05, 0.1) is 10.7 Å². The van der Waals surface area contributed by atoms with Crippen molar-refractivity contribution in [2.45, 2.75) is 25.9 Å². The zero-order chi connectivity index (χ0) is 10.4. The van der Waals surface area contributed by atoms with Gasteiger partial charge in [-0.2, -0.15) is 0 Å². The molecule has 0 fully saturated rings. The topological polar surface area (TPSA) is 50.9 Å². The minimum absolute atomic E-state index is 0.428. The molecule has 3 nitrogen and oxygen atoms in total. The summed E-state index contributed by atoms with van der Waals surface area (Å²) < 4.78 is 0. The van der Waals surface area contributed by atoms with Crippen LogP contribution in [0.15, 0.2) is 18.3 Å². The van der Waals surface area contributed by atoms with E-state index in [1.54, 1.807) is 6.20 Å². The van der Waals surface area contributed by atoms with E-state index in [0.717, 1.165) is 18.7 Å². The minimum Gasteiger partial charge on any atom is -0.330 e. The molecule has 14 heavy (non-hydrogen) atoms. The van der Waals surface area contributed by atoms with Gasteiger partial charge >= 0.3 is 0 Å². The van der Waals surface area contributed by atoms with Gasteiger partial charge in [0.2, 0.25) is 0 Å². The maximum absolute atomic E-state index is 5.72. The number of nitrogens with zero attached hydrogens (tertiary/aromatic N) is 1. The van der Waals surface area contributed by atoms with E-state index in [9.17, 15) is 0 Å². The molecule has 4 heteroatoms. The number of aromatic nitrogens is 1. The summed E-state index contributed by atoms with van der Waals surface area (Å²) in [7, 11) is 0. The lowest BCUT2D eigenvalue weighted by atomic mass is 10.2. The maximum atomic E-state index is 5.72. The molecular formula is C10H16ClN3. The van der Waals surface area contributed by atoms with Gasteiger partial charge < -0.3 is 11.1 Å². The van der Waals surface area contributed by atoms with Crippen LogP contribution in [0.5, 0.6) is 0 Å². The molecule has 0 bridgehead atoms. The first-order valence-corrected chi connectivity index (χ1v) is 5.14. The van der Waals surface area contributed by atoms with Gasteiger partial charge in [-0.3, -0.25) is 4.98 Å². The second-order valence-electron chi connectivity index (χ2n) is 3.33. The third-order valence-electron chi connectivity index (χ3n) is 2.02. The summed E-state index contributed by atoms with van der Waals surface area (Å²) in [6.45, 7) is 3.59. The molecule has 3 N–H and O–H groups in total. The molecule has 0 aliphatic carbocycles. The SMILES string of the molecule is CC(CCN)NCc1ccc(Cl)cn1. The lowest BCUT2D eigenvalue weighted by Crippen LogP contribution is -2.28. The molecule has 1 rings (SSSR count). The zero-order valence-corrected chi connectivity index (χ0v) is 9.09. The number of rotatable bonds is 5. The Labute approximate surface area is 89.7 Å². The van der Waals surface area contributed by atoms with Gasteiger partial charge in [-0.1, -0.05) is 11.6 Å².